The van der Waals surface area contributed by atoms with E-state index < -0.39 is 0 Å². The Morgan fingerprint density at radius 1 is 0.974 bits per heavy atom. The van der Waals surface area contributed by atoms with Crippen LogP contribution in [0.1, 0.15) is 41.3 Å². The number of hydrogen-bond acceptors (Lipinski definition) is 4. The van der Waals surface area contributed by atoms with Crippen LogP contribution in [0, 0.1) is 5.92 Å². The van der Waals surface area contributed by atoms with Crippen molar-refractivity contribution in [2.75, 3.05) is 6.79 Å². The average molecular weight is 500 g/mol. The Labute approximate surface area is 222 Å². The molecule has 4 aliphatic rings. The van der Waals surface area contributed by atoms with E-state index in [0.717, 1.165) is 18.5 Å². The molecule has 38 heavy (non-hydrogen) atoms. The first-order valence-corrected chi connectivity index (χ1v) is 13.4. The number of hydrogen-bond donors (Lipinski definition) is 1. The molecule has 0 bridgehead atoms. The lowest BCUT2D eigenvalue weighted by molar-refractivity contribution is 0.0932. The van der Waals surface area contributed by atoms with E-state index in [-0.39, 0.29) is 23.9 Å². The average Bonchev–Trinajstić information content (AvgIpc) is 3.27. The molecule has 4 heteroatoms. The first-order chi connectivity index (χ1) is 18.7. The second-order valence-corrected chi connectivity index (χ2v) is 10.4. The Hall–Kier alpha value is -4.31. The van der Waals surface area contributed by atoms with E-state index in [2.05, 4.69) is 72.9 Å². The van der Waals surface area contributed by atoms with Crippen molar-refractivity contribution in [3.63, 3.8) is 0 Å². The highest BCUT2D eigenvalue weighted by molar-refractivity contribution is 6.02. The summed E-state index contributed by atoms with van der Waals surface area (Å²) < 4.78 is 11.1. The minimum Gasteiger partial charge on any atom is -0.454 e. The Balaban J connectivity index is 1.45. The van der Waals surface area contributed by atoms with Gasteiger partial charge in [-0.25, -0.2) is 0 Å². The summed E-state index contributed by atoms with van der Waals surface area (Å²) in [5.74, 6) is 1.16. The third kappa shape index (κ3) is 3.47. The topological polar surface area (TPSA) is 47.6 Å². The van der Waals surface area contributed by atoms with Crippen LogP contribution >= 0.6 is 0 Å². The van der Waals surface area contributed by atoms with E-state index in [4.69, 9.17) is 9.47 Å². The SMILES string of the molecule is CCC1(C2=CC=CC=CN2)CC(C(=O)c2ccc3c(c2)OCO3)C=c2c1ccc1c2=CCc2ccccc2-1. The van der Waals surface area contributed by atoms with Gasteiger partial charge in [-0.2, -0.15) is 0 Å². The largest absolute Gasteiger partial charge is 0.454 e. The smallest absolute Gasteiger partial charge is 0.231 e. The van der Waals surface area contributed by atoms with Crippen LogP contribution in [-0.4, -0.2) is 12.6 Å². The van der Waals surface area contributed by atoms with Gasteiger partial charge >= 0.3 is 0 Å². The highest BCUT2D eigenvalue weighted by Crippen LogP contribution is 2.43. The Morgan fingerprint density at radius 2 is 1.87 bits per heavy atom. The summed E-state index contributed by atoms with van der Waals surface area (Å²) in [5, 5.41) is 5.98. The maximum absolute atomic E-state index is 14.1. The number of nitrogens with one attached hydrogen (secondary N) is 1. The zero-order valence-electron chi connectivity index (χ0n) is 21.4. The number of fused-ring (bicyclic) bond motifs is 6. The van der Waals surface area contributed by atoms with Crippen molar-refractivity contribution < 1.29 is 14.3 Å². The molecular formula is C34H29NO3. The normalized spacial score (nSPS) is 22.0. The predicted molar refractivity (Wildman–Crippen MR) is 150 cm³/mol. The summed E-state index contributed by atoms with van der Waals surface area (Å²) in [5.41, 5.74) is 6.60. The highest BCUT2D eigenvalue weighted by Gasteiger charge is 2.42. The molecule has 0 saturated carbocycles. The van der Waals surface area contributed by atoms with Gasteiger partial charge < -0.3 is 14.8 Å². The summed E-state index contributed by atoms with van der Waals surface area (Å²) in [6, 6.07) is 18.8. The quantitative estimate of drug-likeness (QED) is 0.495. The van der Waals surface area contributed by atoms with Gasteiger partial charge in [0.2, 0.25) is 6.79 Å². The van der Waals surface area contributed by atoms with Crippen molar-refractivity contribution in [2.24, 2.45) is 5.92 Å². The molecule has 0 fully saturated rings. The lowest BCUT2D eigenvalue weighted by Gasteiger charge is -2.41. The van der Waals surface area contributed by atoms with Crippen LogP contribution in [0.15, 0.2) is 90.8 Å². The summed E-state index contributed by atoms with van der Waals surface area (Å²) >= 11 is 0. The van der Waals surface area contributed by atoms with Gasteiger partial charge in [0, 0.05) is 28.8 Å². The Kier molecular flexibility index (Phi) is 5.36. The monoisotopic (exact) mass is 499 g/mol. The molecule has 4 nitrogen and oxygen atoms in total. The number of rotatable bonds is 4. The predicted octanol–water partition coefficient (Wildman–Crippen LogP) is 5.31. The zero-order valence-corrected chi connectivity index (χ0v) is 21.4. The van der Waals surface area contributed by atoms with Crippen molar-refractivity contribution >= 4 is 17.9 Å². The molecule has 2 unspecified atom stereocenters. The molecule has 0 spiro atoms. The molecule has 2 aliphatic carbocycles. The van der Waals surface area contributed by atoms with Crippen molar-refractivity contribution in [1.82, 2.24) is 5.32 Å². The van der Waals surface area contributed by atoms with Crippen LogP contribution in [0.5, 0.6) is 11.5 Å². The number of ether oxygens (including phenoxy) is 2. The van der Waals surface area contributed by atoms with Gasteiger partial charge in [-0.15, -0.1) is 0 Å². The van der Waals surface area contributed by atoms with Crippen molar-refractivity contribution in [3.8, 4) is 22.6 Å². The molecule has 0 radical (unpaired) electrons. The number of benzene rings is 3. The van der Waals surface area contributed by atoms with E-state index >= 15 is 0 Å². The minimum absolute atomic E-state index is 0.112. The third-order valence-corrected chi connectivity index (χ3v) is 8.51. The molecule has 3 aromatic rings. The maximum atomic E-state index is 14.1. The summed E-state index contributed by atoms with van der Waals surface area (Å²) in [6.45, 7) is 2.43. The molecule has 0 aromatic heterocycles. The number of ketones is 1. The molecule has 1 N–H and O–H groups in total. The molecule has 7 rings (SSSR count). The van der Waals surface area contributed by atoms with Crippen LogP contribution < -0.4 is 25.2 Å². The van der Waals surface area contributed by atoms with E-state index in [1.165, 1.54) is 32.7 Å². The molecular weight excluding hydrogens is 470 g/mol. The number of Topliss-reactive ketones (excluding diaryl/α,β-unsaturated/α-hetero) is 1. The third-order valence-electron chi connectivity index (χ3n) is 8.51. The fraction of sp³-hybridized carbons (Fsp3) is 0.206. The van der Waals surface area contributed by atoms with Crippen molar-refractivity contribution in [3.05, 3.63) is 118 Å². The van der Waals surface area contributed by atoms with Gasteiger partial charge in [-0.3, -0.25) is 4.79 Å². The Morgan fingerprint density at radius 3 is 2.79 bits per heavy atom. The summed E-state index contributed by atoms with van der Waals surface area (Å²) in [6.07, 6.45) is 17.3. The second-order valence-electron chi connectivity index (χ2n) is 10.4. The molecule has 0 saturated heterocycles. The lowest BCUT2D eigenvalue weighted by atomic mass is 9.64. The van der Waals surface area contributed by atoms with Gasteiger partial charge in [0.15, 0.2) is 17.3 Å². The number of carbonyl (C=O) groups excluding carboxylic acids is 1. The second kappa shape index (κ2) is 8.91. The molecule has 188 valence electrons. The number of allylic oxidation sites excluding steroid dienone is 5. The Bertz CT molecular complexity index is 1690. The molecule has 2 heterocycles. The van der Waals surface area contributed by atoms with Crippen LogP contribution in [-0.2, 0) is 11.8 Å². The van der Waals surface area contributed by atoms with E-state index in [1.54, 1.807) is 0 Å². The first-order valence-electron chi connectivity index (χ1n) is 13.4. The van der Waals surface area contributed by atoms with Crippen LogP contribution in [0.4, 0.5) is 0 Å². The van der Waals surface area contributed by atoms with Gasteiger partial charge in [-0.05, 0) is 82.3 Å². The van der Waals surface area contributed by atoms with Gasteiger partial charge in [0.25, 0.3) is 0 Å². The fourth-order valence-electron chi connectivity index (χ4n) is 6.57. The summed E-state index contributed by atoms with van der Waals surface area (Å²) in [7, 11) is 0. The molecule has 3 aromatic carbocycles. The fourth-order valence-corrected chi connectivity index (χ4v) is 6.57. The first kappa shape index (κ1) is 22.9. The standard InChI is InChI=1S/C34H29NO3/c1-2-34(32-10-4-3-7-17-35-32)20-24(33(36)23-12-16-30-31(19-23)38-21-37-30)18-28-27-13-11-22-8-5-6-9-25(22)26(27)14-15-29(28)34/h3-10,12-19,24,35H,2,11,20-21H2,1H3. The molecule has 0 amide bonds. The van der Waals surface area contributed by atoms with Crippen LogP contribution in [0.2, 0.25) is 0 Å². The summed E-state index contributed by atoms with van der Waals surface area (Å²) in [4.78, 5) is 14.1. The molecule has 2 atom stereocenters. The highest BCUT2D eigenvalue weighted by atomic mass is 16.7. The van der Waals surface area contributed by atoms with Crippen molar-refractivity contribution in [2.45, 2.75) is 31.6 Å². The van der Waals surface area contributed by atoms with Crippen LogP contribution in [0.25, 0.3) is 23.3 Å². The van der Waals surface area contributed by atoms with Crippen LogP contribution in [0.3, 0.4) is 0 Å². The van der Waals surface area contributed by atoms with E-state index in [1.807, 2.05) is 36.6 Å². The number of carbonyl (C=O) groups is 1. The lowest BCUT2D eigenvalue weighted by Crippen LogP contribution is -2.48. The van der Waals surface area contributed by atoms with Gasteiger partial charge in [-0.1, -0.05) is 67.6 Å². The van der Waals surface area contributed by atoms with Crippen molar-refractivity contribution in [1.29, 1.82) is 0 Å². The zero-order chi connectivity index (χ0) is 25.7. The molecule has 2 aliphatic heterocycles. The minimum atomic E-state index is -0.334. The maximum Gasteiger partial charge on any atom is 0.231 e. The van der Waals surface area contributed by atoms with Gasteiger partial charge in [0.1, 0.15) is 0 Å². The van der Waals surface area contributed by atoms with Gasteiger partial charge in [0.05, 0.1) is 0 Å². The van der Waals surface area contributed by atoms with E-state index in [0.29, 0.717) is 23.5 Å². The van der Waals surface area contributed by atoms with E-state index in [9.17, 15) is 4.79 Å².